The monoisotopic (exact) mass is 456 g/mol. The van der Waals surface area contributed by atoms with Crippen molar-refractivity contribution in [3.05, 3.63) is 69.1 Å². The minimum atomic E-state index is -0.434. The summed E-state index contributed by atoms with van der Waals surface area (Å²) in [6.07, 6.45) is 3.13. The van der Waals surface area contributed by atoms with Crippen molar-refractivity contribution in [3.8, 4) is 11.5 Å². The van der Waals surface area contributed by atoms with E-state index in [-0.39, 0.29) is 6.61 Å². The third-order valence-corrected chi connectivity index (χ3v) is 4.00. The molecule has 2 aromatic rings. The highest BCUT2D eigenvalue weighted by atomic mass is 79.9. The standard InChI is InChI=1S/C18H15BrCl2N2O3/c1-2-7-25-16-5-3-13(19)8-12(16)10-22-23-18(24)11-26-17-6-4-14(20)9-15(17)21/h2-6,8-10H,1,7,11H2,(H,23,24)/b22-10-. The summed E-state index contributed by atoms with van der Waals surface area (Å²) in [7, 11) is 0. The van der Waals surface area contributed by atoms with Gasteiger partial charge in [-0.3, -0.25) is 4.79 Å². The van der Waals surface area contributed by atoms with Crippen LogP contribution < -0.4 is 14.9 Å². The fraction of sp³-hybridized carbons (Fsp3) is 0.111. The van der Waals surface area contributed by atoms with Gasteiger partial charge in [-0.05, 0) is 36.4 Å². The Kier molecular flexibility index (Phi) is 7.97. The van der Waals surface area contributed by atoms with Crippen molar-refractivity contribution in [2.45, 2.75) is 0 Å². The number of nitrogens with one attached hydrogen (secondary N) is 1. The second kappa shape index (κ2) is 10.2. The number of hydrazone groups is 1. The van der Waals surface area contributed by atoms with Gasteiger partial charge in [-0.15, -0.1) is 0 Å². The number of carbonyl (C=O) groups is 1. The normalized spacial score (nSPS) is 10.6. The first kappa shape index (κ1) is 20.3. The molecule has 5 nitrogen and oxygen atoms in total. The van der Waals surface area contributed by atoms with Crippen LogP contribution in [0.3, 0.4) is 0 Å². The first-order valence-electron chi connectivity index (χ1n) is 7.42. The highest BCUT2D eigenvalue weighted by molar-refractivity contribution is 9.10. The molecule has 0 saturated carbocycles. The Bertz CT molecular complexity index is 828. The van der Waals surface area contributed by atoms with Crippen LogP contribution >= 0.6 is 39.1 Å². The van der Waals surface area contributed by atoms with Crippen LogP contribution in [0.2, 0.25) is 10.0 Å². The summed E-state index contributed by atoms with van der Waals surface area (Å²) in [5.41, 5.74) is 3.08. The number of hydrogen-bond donors (Lipinski definition) is 1. The van der Waals surface area contributed by atoms with E-state index in [1.165, 1.54) is 12.3 Å². The molecule has 0 atom stereocenters. The van der Waals surface area contributed by atoms with Crippen LogP contribution in [0, 0.1) is 0 Å². The van der Waals surface area contributed by atoms with E-state index >= 15 is 0 Å². The molecule has 0 heterocycles. The van der Waals surface area contributed by atoms with Crippen molar-refractivity contribution >= 4 is 51.3 Å². The van der Waals surface area contributed by atoms with Gasteiger partial charge >= 0.3 is 0 Å². The lowest BCUT2D eigenvalue weighted by molar-refractivity contribution is -0.123. The Morgan fingerprint density at radius 3 is 2.69 bits per heavy atom. The summed E-state index contributed by atoms with van der Waals surface area (Å²) >= 11 is 15.2. The summed E-state index contributed by atoms with van der Waals surface area (Å²) in [6.45, 7) is 3.74. The molecule has 0 fully saturated rings. The van der Waals surface area contributed by atoms with Crippen LogP contribution in [-0.4, -0.2) is 25.3 Å². The van der Waals surface area contributed by atoms with Crippen LogP contribution in [0.5, 0.6) is 11.5 Å². The molecule has 1 N–H and O–H groups in total. The van der Waals surface area contributed by atoms with Crippen LogP contribution in [0.1, 0.15) is 5.56 Å². The van der Waals surface area contributed by atoms with Gasteiger partial charge in [0.2, 0.25) is 0 Å². The average Bonchev–Trinajstić information content (AvgIpc) is 2.60. The van der Waals surface area contributed by atoms with Crippen molar-refractivity contribution in [1.82, 2.24) is 5.43 Å². The zero-order valence-electron chi connectivity index (χ0n) is 13.5. The molecular weight excluding hydrogens is 443 g/mol. The quantitative estimate of drug-likeness (QED) is 0.350. The van der Waals surface area contributed by atoms with Gasteiger partial charge in [-0.25, -0.2) is 5.43 Å². The Labute approximate surface area is 169 Å². The van der Waals surface area contributed by atoms with Gasteiger partial charge in [0, 0.05) is 15.1 Å². The van der Waals surface area contributed by atoms with Gasteiger partial charge in [0.1, 0.15) is 18.1 Å². The molecule has 136 valence electrons. The lowest BCUT2D eigenvalue weighted by Crippen LogP contribution is -2.24. The smallest absolute Gasteiger partial charge is 0.277 e. The van der Waals surface area contributed by atoms with E-state index in [0.29, 0.717) is 33.7 Å². The summed E-state index contributed by atoms with van der Waals surface area (Å²) in [4.78, 5) is 11.8. The van der Waals surface area contributed by atoms with Crippen molar-refractivity contribution in [2.24, 2.45) is 5.10 Å². The number of benzene rings is 2. The van der Waals surface area contributed by atoms with E-state index in [2.05, 4.69) is 33.0 Å². The van der Waals surface area contributed by atoms with Gasteiger partial charge < -0.3 is 9.47 Å². The van der Waals surface area contributed by atoms with Crippen molar-refractivity contribution < 1.29 is 14.3 Å². The van der Waals surface area contributed by atoms with E-state index in [1.807, 2.05) is 12.1 Å². The van der Waals surface area contributed by atoms with Crippen LogP contribution in [0.25, 0.3) is 0 Å². The third kappa shape index (κ3) is 6.37. The number of rotatable bonds is 8. The number of hydrogen-bond acceptors (Lipinski definition) is 4. The molecule has 0 aromatic heterocycles. The fourth-order valence-electron chi connectivity index (χ4n) is 1.84. The maximum Gasteiger partial charge on any atom is 0.277 e. The molecule has 0 radical (unpaired) electrons. The minimum absolute atomic E-state index is 0.239. The lowest BCUT2D eigenvalue weighted by atomic mass is 10.2. The maximum atomic E-state index is 11.8. The third-order valence-electron chi connectivity index (χ3n) is 2.97. The molecule has 0 aliphatic carbocycles. The largest absolute Gasteiger partial charge is 0.489 e. The van der Waals surface area contributed by atoms with Gasteiger partial charge in [0.25, 0.3) is 5.91 Å². The minimum Gasteiger partial charge on any atom is -0.489 e. The van der Waals surface area contributed by atoms with Gasteiger partial charge in [-0.2, -0.15) is 5.10 Å². The second-order valence-electron chi connectivity index (χ2n) is 4.94. The molecule has 0 bridgehead atoms. The zero-order chi connectivity index (χ0) is 18.9. The van der Waals surface area contributed by atoms with Gasteiger partial charge in [0.05, 0.1) is 11.2 Å². The summed E-state index contributed by atoms with van der Waals surface area (Å²) < 4.78 is 11.7. The van der Waals surface area contributed by atoms with E-state index in [4.69, 9.17) is 32.7 Å². The number of carbonyl (C=O) groups excluding carboxylic acids is 1. The molecule has 0 saturated heterocycles. The van der Waals surface area contributed by atoms with Crippen LogP contribution in [-0.2, 0) is 4.79 Å². The van der Waals surface area contributed by atoms with Crippen LogP contribution in [0.4, 0.5) is 0 Å². The second-order valence-corrected chi connectivity index (χ2v) is 6.70. The van der Waals surface area contributed by atoms with E-state index in [1.54, 1.807) is 24.3 Å². The molecule has 0 spiro atoms. The number of nitrogens with zero attached hydrogens (tertiary/aromatic N) is 1. The topological polar surface area (TPSA) is 59.9 Å². The first-order chi connectivity index (χ1) is 12.5. The number of halogens is 3. The molecule has 2 rings (SSSR count). The number of amides is 1. The fourth-order valence-corrected chi connectivity index (χ4v) is 2.68. The number of ether oxygens (including phenoxy) is 2. The highest BCUT2D eigenvalue weighted by Crippen LogP contribution is 2.27. The molecule has 0 aliphatic rings. The SMILES string of the molecule is C=CCOc1ccc(Br)cc1/C=N\NC(=O)COc1ccc(Cl)cc1Cl. The van der Waals surface area contributed by atoms with Gasteiger partial charge in [0.15, 0.2) is 6.61 Å². The first-order valence-corrected chi connectivity index (χ1v) is 8.97. The molecule has 26 heavy (non-hydrogen) atoms. The molecule has 0 unspecified atom stereocenters. The molecular formula is C18H15BrCl2N2O3. The lowest BCUT2D eigenvalue weighted by Gasteiger charge is -2.08. The van der Waals surface area contributed by atoms with Gasteiger partial charge in [-0.1, -0.05) is 51.8 Å². The predicted molar refractivity (Wildman–Crippen MR) is 108 cm³/mol. The molecule has 0 aliphatic heterocycles. The molecule has 2 aromatic carbocycles. The molecule has 1 amide bonds. The summed E-state index contributed by atoms with van der Waals surface area (Å²) in [5, 5.41) is 4.73. The average molecular weight is 458 g/mol. The summed E-state index contributed by atoms with van der Waals surface area (Å²) in [6, 6.07) is 10.2. The van der Waals surface area contributed by atoms with Crippen molar-refractivity contribution in [2.75, 3.05) is 13.2 Å². The van der Waals surface area contributed by atoms with E-state index < -0.39 is 5.91 Å². The highest BCUT2D eigenvalue weighted by Gasteiger charge is 2.06. The van der Waals surface area contributed by atoms with Crippen LogP contribution in [0.15, 0.2) is 58.6 Å². The van der Waals surface area contributed by atoms with Crippen molar-refractivity contribution in [1.29, 1.82) is 0 Å². The zero-order valence-corrected chi connectivity index (χ0v) is 16.6. The maximum absolute atomic E-state index is 11.8. The van der Waals surface area contributed by atoms with E-state index in [0.717, 1.165) is 4.47 Å². The van der Waals surface area contributed by atoms with Crippen molar-refractivity contribution in [3.63, 3.8) is 0 Å². The Hall–Kier alpha value is -2.02. The molecule has 8 heteroatoms. The Morgan fingerprint density at radius 2 is 1.96 bits per heavy atom. The van der Waals surface area contributed by atoms with E-state index in [9.17, 15) is 4.79 Å². The summed E-state index contributed by atoms with van der Waals surface area (Å²) in [5.74, 6) is 0.549. The Morgan fingerprint density at radius 1 is 1.19 bits per heavy atom. The predicted octanol–water partition coefficient (Wildman–Crippen LogP) is 4.85. The Balaban J connectivity index is 1.92.